The average Bonchev–Trinajstić information content (AvgIpc) is 2.87. The smallest absolute Gasteiger partial charge is 0.227 e. The molecule has 5 nitrogen and oxygen atoms in total. The van der Waals surface area contributed by atoms with Gasteiger partial charge in [-0.25, -0.2) is 0 Å². The number of amides is 2. The van der Waals surface area contributed by atoms with Crippen LogP contribution >= 0.6 is 11.8 Å². The van der Waals surface area contributed by atoms with Crippen molar-refractivity contribution in [2.45, 2.75) is 24.3 Å². The van der Waals surface area contributed by atoms with Crippen molar-refractivity contribution in [3.8, 4) is 0 Å². The molecule has 1 aliphatic heterocycles. The SMILES string of the molecule is CSc1ccc(N2CC(C(=O)NCC(C)O)CC2=O)cc1. The highest BCUT2D eigenvalue weighted by atomic mass is 32.2. The van der Waals surface area contributed by atoms with E-state index in [1.165, 1.54) is 0 Å². The summed E-state index contributed by atoms with van der Waals surface area (Å²) in [5.41, 5.74) is 0.823. The number of benzene rings is 1. The minimum atomic E-state index is -0.582. The number of thioether (sulfide) groups is 1. The molecule has 2 N–H and O–H groups in total. The molecule has 0 saturated carbocycles. The molecule has 1 aliphatic rings. The molecule has 6 heteroatoms. The van der Waals surface area contributed by atoms with Crippen molar-refractivity contribution in [2.24, 2.45) is 5.92 Å². The molecule has 1 heterocycles. The predicted molar refractivity (Wildman–Crippen MR) is 83.4 cm³/mol. The van der Waals surface area contributed by atoms with Gasteiger partial charge < -0.3 is 15.3 Å². The van der Waals surface area contributed by atoms with E-state index in [1.807, 2.05) is 30.5 Å². The van der Waals surface area contributed by atoms with Crippen LogP contribution in [0, 0.1) is 5.92 Å². The van der Waals surface area contributed by atoms with Crippen LogP contribution in [0.4, 0.5) is 5.69 Å². The lowest BCUT2D eigenvalue weighted by atomic mass is 10.1. The van der Waals surface area contributed by atoms with Crippen molar-refractivity contribution in [1.29, 1.82) is 0 Å². The van der Waals surface area contributed by atoms with E-state index < -0.39 is 6.10 Å². The lowest BCUT2D eigenvalue weighted by Gasteiger charge is -2.17. The maximum atomic E-state index is 12.1. The average molecular weight is 308 g/mol. The number of carbonyl (C=O) groups excluding carboxylic acids is 2. The quantitative estimate of drug-likeness (QED) is 0.804. The molecule has 0 aromatic heterocycles. The number of aliphatic hydroxyl groups is 1. The van der Waals surface area contributed by atoms with Crippen LogP contribution in [0.3, 0.4) is 0 Å². The van der Waals surface area contributed by atoms with Gasteiger partial charge in [0.25, 0.3) is 0 Å². The number of nitrogens with one attached hydrogen (secondary N) is 1. The topological polar surface area (TPSA) is 69.6 Å². The lowest BCUT2D eigenvalue weighted by molar-refractivity contribution is -0.126. The van der Waals surface area contributed by atoms with Gasteiger partial charge >= 0.3 is 0 Å². The molecule has 0 spiro atoms. The van der Waals surface area contributed by atoms with Crippen LogP contribution < -0.4 is 10.2 Å². The summed E-state index contributed by atoms with van der Waals surface area (Å²) in [5.74, 6) is -0.562. The Bertz CT molecular complexity index is 516. The van der Waals surface area contributed by atoms with E-state index in [-0.39, 0.29) is 30.7 Å². The minimum absolute atomic E-state index is 0.0379. The van der Waals surface area contributed by atoms with Crippen LogP contribution in [0.25, 0.3) is 0 Å². The Morgan fingerprint density at radius 1 is 1.48 bits per heavy atom. The Hall–Kier alpha value is -1.53. The van der Waals surface area contributed by atoms with Crippen LogP contribution in [0.15, 0.2) is 29.2 Å². The van der Waals surface area contributed by atoms with Gasteiger partial charge in [0.05, 0.1) is 12.0 Å². The third-order valence-electron chi connectivity index (χ3n) is 3.45. The van der Waals surface area contributed by atoms with Crippen LogP contribution in [-0.4, -0.2) is 42.4 Å². The zero-order chi connectivity index (χ0) is 15.4. The van der Waals surface area contributed by atoms with Gasteiger partial charge in [0, 0.05) is 30.1 Å². The van der Waals surface area contributed by atoms with Gasteiger partial charge in [0.2, 0.25) is 11.8 Å². The molecule has 2 unspecified atom stereocenters. The Labute approximate surface area is 128 Å². The highest BCUT2D eigenvalue weighted by molar-refractivity contribution is 7.98. The summed E-state index contributed by atoms with van der Waals surface area (Å²) < 4.78 is 0. The summed E-state index contributed by atoms with van der Waals surface area (Å²) in [6, 6.07) is 7.74. The number of nitrogens with zero attached hydrogens (tertiary/aromatic N) is 1. The molecule has 0 radical (unpaired) electrons. The van der Waals surface area contributed by atoms with E-state index in [4.69, 9.17) is 0 Å². The maximum absolute atomic E-state index is 12.1. The van der Waals surface area contributed by atoms with E-state index in [9.17, 15) is 14.7 Å². The Kier molecular flexibility index (Phi) is 5.25. The van der Waals surface area contributed by atoms with Crippen LogP contribution in [-0.2, 0) is 9.59 Å². The van der Waals surface area contributed by atoms with Gasteiger partial charge in [0.15, 0.2) is 0 Å². The molecular formula is C15H20N2O3S. The van der Waals surface area contributed by atoms with Crippen molar-refractivity contribution >= 4 is 29.3 Å². The fourth-order valence-electron chi connectivity index (χ4n) is 2.29. The Morgan fingerprint density at radius 3 is 2.71 bits per heavy atom. The van der Waals surface area contributed by atoms with Gasteiger partial charge in [-0.15, -0.1) is 11.8 Å². The van der Waals surface area contributed by atoms with E-state index in [0.29, 0.717) is 6.54 Å². The van der Waals surface area contributed by atoms with E-state index in [2.05, 4.69) is 5.32 Å². The molecule has 2 amide bonds. The van der Waals surface area contributed by atoms with E-state index in [0.717, 1.165) is 10.6 Å². The molecule has 1 aromatic carbocycles. The predicted octanol–water partition coefficient (Wildman–Crippen LogP) is 1.26. The van der Waals surface area contributed by atoms with Crippen molar-refractivity contribution in [3.63, 3.8) is 0 Å². The normalized spacial score (nSPS) is 19.7. The van der Waals surface area contributed by atoms with Gasteiger partial charge in [-0.05, 0) is 37.4 Å². The minimum Gasteiger partial charge on any atom is -0.392 e. The second-order valence-electron chi connectivity index (χ2n) is 5.20. The first kappa shape index (κ1) is 15.9. The van der Waals surface area contributed by atoms with Gasteiger partial charge in [-0.2, -0.15) is 0 Å². The lowest BCUT2D eigenvalue weighted by Crippen LogP contribution is -2.36. The summed E-state index contributed by atoms with van der Waals surface area (Å²) in [5, 5.41) is 11.8. The molecule has 1 fully saturated rings. The molecule has 2 rings (SSSR count). The van der Waals surface area contributed by atoms with Gasteiger partial charge in [-0.3, -0.25) is 9.59 Å². The molecule has 21 heavy (non-hydrogen) atoms. The number of aliphatic hydroxyl groups excluding tert-OH is 1. The highest BCUT2D eigenvalue weighted by Crippen LogP contribution is 2.27. The van der Waals surface area contributed by atoms with Crippen LogP contribution in [0.2, 0.25) is 0 Å². The van der Waals surface area contributed by atoms with Crippen LogP contribution in [0.1, 0.15) is 13.3 Å². The molecule has 2 atom stereocenters. The van der Waals surface area contributed by atoms with Crippen molar-refractivity contribution in [2.75, 3.05) is 24.2 Å². The summed E-state index contributed by atoms with van der Waals surface area (Å²) in [7, 11) is 0. The third-order valence-corrected chi connectivity index (χ3v) is 4.20. The second-order valence-corrected chi connectivity index (χ2v) is 6.08. The summed E-state index contributed by atoms with van der Waals surface area (Å²) in [6.45, 7) is 2.22. The number of rotatable bonds is 5. The molecule has 0 bridgehead atoms. The highest BCUT2D eigenvalue weighted by Gasteiger charge is 2.34. The number of hydrogen-bond donors (Lipinski definition) is 2. The maximum Gasteiger partial charge on any atom is 0.227 e. The Balaban J connectivity index is 2.00. The molecular weight excluding hydrogens is 288 g/mol. The first-order chi connectivity index (χ1) is 10.0. The van der Waals surface area contributed by atoms with E-state index in [1.54, 1.807) is 23.6 Å². The standard InChI is InChI=1S/C15H20N2O3S/c1-10(18)8-16-15(20)11-7-14(19)17(9-11)12-3-5-13(21-2)6-4-12/h3-6,10-11,18H,7-9H2,1-2H3,(H,16,20). The molecule has 114 valence electrons. The fourth-order valence-corrected chi connectivity index (χ4v) is 2.70. The Morgan fingerprint density at radius 2 is 2.14 bits per heavy atom. The molecule has 1 saturated heterocycles. The largest absolute Gasteiger partial charge is 0.392 e. The number of carbonyl (C=O) groups is 2. The fraction of sp³-hybridized carbons (Fsp3) is 0.467. The monoisotopic (exact) mass is 308 g/mol. The molecule has 1 aromatic rings. The third kappa shape index (κ3) is 3.98. The first-order valence-electron chi connectivity index (χ1n) is 6.91. The number of hydrogen-bond acceptors (Lipinski definition) is 4. The summed E-state index contributed by atoms with van der Waals surface area (Å²) in [4.78, 5) is 26.8. The van der Waals surface area contributed by atoms with Crippen LogP contribution in [0.5, 0.6) is 0 Å². The van der Waals surface area contributed by atoms with Crippen molar-refractivity contribution < 1.29 is 14.7 Å². The van der Waals surface area contributed by atoms with Crippen molar-refractivity contribution in [3.05, 3.63) is 24.3 Å². The van der Waals surface area contributed by atoms with Gasteiger partial charge in [-0.1, -0.05) is 0 Å². The summed E-state index contributed by atoms with van der Waals surface area (Å²) in [6.07, 6.45) is 1.63. The van der Waals surface area contributed by atoms with E-state index >= 15 is 0 Å². The summed E-state index contributed by atoms with van der Waals surface area (Å²) >= 11 is 1.64. The zero-order valence-corrected chi connectivity index (χ0v) is 13.0. The second kappa shape index (κ2) is 6.95. The number of anilines is 1. The first-order valence-corrected chi connectivity index (χ1v) is 8.14. The zero-order valence-electron chi connectivity index (χ0n) is 12.2. The van der Waals surface area contributed by atoms with Crippen molar-refractivity contribution in [1.82, 2.24) is 5.32 Å². The van der Waals surface area contributed by atoms with Gasteiger partial charge in [0.1, 0.15) is 0 Å². The molecule has 0 aliphatic carbocycles.